The Bertz CT molecular complexity index is 596. The van der Waals surface area contributed by atoms with Crippen molar-refractivity contribution < 1.29 is 19.0 Å². The van der Waals surface area contributed by atoms with Gasteiger partial charge in [0, 0.05) is 5.02 Å². The van der Waals surface area contributed by atoms with Gasteiger partial charge in [-0.15, -0.1) is 0 Å². The van der Waals surface area contributed by atoms with E-state index >= 15 is 0 Å². The lowest BCUT2D eigenvalue weighted by Crippen LogP contribution is -2.02. The predicted molar refractivity (Wildman–Crippen MR) is 69.1 cm³/mol. The molecule has 0 fully saturated rings. The predicted octanol–water partition coefficient (Wildman–Crippen LogP) is 3.76. The molecule has 2 rings (SSSR count). The molecule has 0 bridgehead atoms. The number of aromatic carboxylic acids is 1. The third kappa shape index (κ3) is 3.69. The molecule has 0 spiro atoms. The molecule has 0 saturated carbocycles. The first-order valence-electron chi connectivity index (χ1n) is 5.46. The van der Waals surface area contributed by atoms with E-state index in [1.807, 2.05) is 0 Å². The average Bonchev–Trinajstić information content (AvgIpc) is 2.37. The van der Waals surface area contributed by atoms with Crippen molar-refractivity contribution in [2.45, 2.75) is 6.61 Å². The van der Waals surface area contributed by atoms with Crippen LogP contribution in [-0.4, -0.2) is 11.1 Å². The lowest BCUT2D eigenvalue weighted by Gasteiger charge is -2.07. The van der Waals surface area contributed by atoms with E-state index in [9.17, 15) is 9.18 Å². The summed E-state index contributed by atoms with van der Waals surface area (Å²) < 4.78 is 18.6. The highest BCUT2D eigenvalue weighted by Gasteiger charge is 2.07. The van der Waals surface area contributed by atoms with Gasteiger partial charge in [-0.3, -0.25) is 0 Å². The van der Waals surface area contributed by atoms with Crippen LogP contribution in [0.4, 0.5) is 4.39 Å². The molecule has 2 aromatic carbocycles. The van der Waals surface area contributed by atoms with Gasteiger partial charge in [-0.2, -0.15) is 0 Å². The van der Waals surface area contributed by atoms with E-state index in [1.54, 1.807) is 24.3 Å². The van der Waals surface area contributed by atoms with Crippen LogP contribution in [0.5, 0.6) is 5.75 Å². The highest BCUT2D eigenvalue weighted by Crippen LogP contribution is 2.17. The van der Waals surface area contributed by atoms with Gasteiger partial charge in [0.25, 0.3) is 0 Å². The van der Waals surface area contributed by atoms with Crippen LogP contribution in [-0.2, 0) is 6.61 Å². The van der Waals surface area contributed by atoms with Gasteiger partial charge in [0.2, 0.25) is 0 Å². The summed E-state index contributed by atoms with van der Waals surface area (Å²) >= 11 is 5.73. The van der Waals surface area contributed by atoms with Crippen molar-refractivity contribution in [1.29, 1.82) is 0 Å². The molecule has 0 aromatic heterocycles. The summed E-state index contributed by atoms with van der Waals surface area (Å²) in [6.45, 7) is 0.0830. The molecule has 0 aliphatic rings. The largest absolute Gasteiger partial charge is 0.489 e. The van der Waals surface area contributed by atoms with Gasteiger partial charge in [0.1, 0.15) is 18.2 Å². The second-order valence-corrected chi connectivity index (χ2v) is 4.33. The zero-order chi connectivity index (χ0) is 13.8. The SMILES string of the molecule is O=C(O)c1cc(F)cc(COc2ccc(Cl)cc2)c1. The van der Waals surface area contributed by atoms with Crippen molar-refractivity contribution in [3.05, 3.63) is 64.4 Å². The molecule has 98 valence electrons. The molecule has 0 unspecified atom stereocenters. The molecular formula is C14H10ClFO3. The van der Waals surface area contributed by atoms with Gasteiger partial charge < -0.3 is 9.84 Å². The van der Waals surface area contributed by atoms with Crippen LogP contribution < -0.4 is 4.74 Å². The highest BCUT2D eigenvalue weighted by atomic mass is 35.5. The molecule has 0 saturated heterocycles. The van der Waals surface area contributed by atoms with Gasteiger partial charge in [-0.05, 0) is 48.0 Å². The van der Waals surface area contributed by atoms with Crippen LogP contribution in [0.25, 0.3) is 0 Å². The maximum atomic E-state index is 13.2. The van der Waals surface area contributed by atoms with Gasteiger partial charge in [-0.25, -0.2) is 9.18 Å². The monoisotopic (exact) mass is 280 g/mol. The summed E-state index contributed by atoms with van der Waals surface area (Å²) in [5, 5.41) is 9.42. The number of carboxylic acids is 1. The Labute approximate surface area is 114 Å². The lowest BCUT2D eigenvalue weighted by molar-refractivity contribution is 0.0696. The topological polar surface area (TPSA) is 46.5 Å². The maximum absolute atomic E-state index is 13.2. The third-order valence-corrected chi connectivity index (χ3v) is 2.68. The van der Waals surface area contributed by atoms with E-state index in [1.165, 1.54) is 12.1 Å². The van der Waals surface area contributed by atoms with Crippen LogP contribution in [0.1, 0.15) is 15.9 Å². The molecule has 0 atom stereocenters. The summed E-state index contributed by atoms with van der Waals surface area (Å²) in [5.74, 6) is -1.20. The number of halogens is 2. The minimum Gasteiger partial charge on any atom is -0.489 e. The number of benzene rings is 2. The van der Waals surface area contributed by atoms with Crippen LogP contribution in [0.15, 0.2) is 42.5 Å². The number of carbonyl (C=O) groups is 1. The molecule has 3 nitrogen and oxygen atoms in total. The first kappa shape index (κ1) is 13.4. The Morgan fingerprint density at radius 3 is 2.53 bits per heavy atom. The molecule has 0 aliphatic carbocycles. The Hall–Kier alpha value is -2.07. The molecule has 0 heterocycles. The van der Waals surface area contributed by atoms with Crippen LogP contribution >= 0.6 is 11.6 Å². The molecule has 1 N–H and O–H groups in total. The Balaban J connectivity index is 2.11. The number of ether oxygens (including phenoxy) is 1. The van der Waals surface area contributed by atoms with Gasteiger partial charge in [0.05, 0.1) is 5.56 Å². The van der Waals surface area contributed by atoms with E-state index < -0.39 is 11.8 Å². The summed E-state index contributed by atoms with van der Waals surface area (Å²) in [6.07, 6.45) is 0. The summed E-state index contributed by atoms with van der Waals surface area (Å²) in [4.78, 5) is 10.8. The van der Waals surface area contributed by atoms with Crippen LogP contribution in [0.3, 0.4) is 0 Å². The molecule has 19 heavy (non-hydrogen) atoms. The maximum Gasteiger partial charge on any atom is 0.335 e. The van der Waals surface area contributed by atoms with Crippen molar-refractivity contribution in [2.75, 3.05) is 0 Å². The normalized spacial score (nSPS) is 10.2. The van der Waals surface area contributed by atoms with Crippen molar-refractivity contribution in [2.24, 2.45) is 0 Å². The van der Waals surface area contributed by atoms with Gasteiger partial charge >= 0.3 is 5.97 Å². The van der Waals surface area contributed by atoms with E-state index in [0.29, 0.717) is 16.3 Å². The summed E-state index contributed by atoms with van der Waals surface area (Å²) in [7, 11) is 0. The highest BCUT2D eigenvalue weighted by molar-refractivity contribution is 6.30. The molecule has 0 amide bonds. The second-order valence-electron chi connectivity index (χ2n) is 3.90. The Morgan fingerprint density at radius 2 is 1.89 bits per heavy atom. The quantitative estimate of drug-likeness (QED) is 0.927. The van der Waals surface area contributed by atoms with Gasteiger partial charge in [0.15, 0.2) is 0 Å². The molecule has 0 aliphatic heterocycles. The van der Waals surface area contributed by atoms with Crippen molar-refractivity contribution in [3.63, 3.8) is 0 Å². The fourth-order valence-corrected chi connectivity index (χ4v) is 1.68. The minimum absolute atomic E-state index is 0.0830. The van der Waals surface area contributed by atoms with E-state index in [4.69, 9.17) is 21.4 Å². The smallest absolute Gasteiger partial charge is 0.335 e. The first-order valence-corrected chi connectivity index (χ1v) is 5.83. The zero-order valence-corrected chi connectivity index (χ0v) is 10.5. The van der Waals surface area contributed by atoms with E-state index in [2.05, 4.69) is 0 Å². The van der Waals surface area contributed by atoms with Crippen molar-refractivity contribution in [1.82, 2.24) is 0 Å². The third-order valence-electron chi connectivity index (χ3n) is 2.42. The van der Waals surface area contributed by atoms with E-state index in [0.717, 1.165) is 6.07 Å². The fraction of sp³-hybridized carbons (Fsp3) is 0.0714. The number of hydrogen-bond acceptors (Lipinski definition) is 2. The molecule has 5 heteroatoms. The Morgan fingerprint density at radius 1 is 1.21 bits per heavy atom. The first-order chi connectivity index (χ1) is 9.04. The lowest BCUT2D eigenvalue weighted by atomic mass is 10.1. The van der Waals surface area contributed by atoms with Crippen molar-refractivity contribution in [3.8, 4) is 5.75 Å². The summed E-state index contributed by atoms with van der Waals surface area (Å²) in [5.41, 5.74) is 0.349. The molecule has 2 aromatic rings. The average molecular weight is 281 g/mol. The second kappa shape index (κ2) is 5.71. The number of carboxylic acid groups (broad SMARTS) is 1. The number of hydrogen-bond donors (Lipinski definition) is 1. The number of rotatable bonds is 4. The van der Waals surface area contributed by atoms with Crippen molar-refractivity contribution >= 4 is 17.6 Å². The standard InChI is InChI=1S/C14H10ClFO3/c15-11-1-3-13(4-2-11)19-8-9-5-10(14(17)18)7-12(16)6-9/h1-7H,8H2,(H,17,18). The van der Waals surface area contributed by atoms with Crippen LogP contribution in [0.2, 0.25) is 5.02 Å². The van der Waals surface area contributed by atoms with E-state index in [-0.39, 0.29) is 12.2 Å². The molecular weight excluding hydrogens is 271 g/mol. The fourth-order valence-electron chi connectivity index (χ4n) is 1.55. The van der Waals surface area contributed by atoms with Gasteiger partial charge in [-0.1, -0.05) is 11.6 Å². The summed E-state index contributed by atoms with van der Waals surface area (Å²) in [6, 6.07) is 10.3. The zero-order valence-electron chi connectivity index (χ0n) is 9.77. The molecule has 0 radical (unpaired) electrons. The van der Waals surface area contributed by atoms with Crippen LogP contribution in [0, 0.1) is 5.82 Å². The minimum atomic E-state index is -1.17. The Kier molecular flexibility index (Phi) is 4.02.